The Kier molecular flexibility index (Phi) is 3.84. The van der Waals surface area contributed by atoms with Crippen molar-refractivity contribution in [3.8, 4) is 11.5 Å². The van der Waals surface area contributed by atoms with E-state index in [9.17, 15) is 4.79 Å². The van der Waals surface area contributed by atoms with Crippen LogP contribution in [0.2, 0.25) is 5.02 Å². The third-order valence-electron chi connectivity index (χ3n) is 3.54. The van der Waals surface area contributed by atoms with Gasteiger partial charge in [-0.3, -0.25) is 4.79 Å². The predicted octanol–water partition coefficient (Wildman–Crippen LogP) is 4.19. The number of hydrogen-bond donors (Lipinski definition) is 0. The first-order chi connectivity index (χ1) is 10.1. The summed E-state index contributed by atoms with van der Waals surface area (Å²) in [5.41, 5.74) is 2.56. The van der Waals surface area contributed by atoms with Gasteiger partial charge in [-0.25, -0.2) is 0 Å². The number of ketones is 1. The van der Waals surface area contributed by atoms with Crippen molar-refractivity contribution < 1.29 is 14.3 Å². The van der Waals surface area contributed by atoms with Crippen LogP contribution in [0.25, 0.3) is 0 Å². The molecular weight excluding hydrogens is 288 g/mol. The molecule has 1 aliphatic rings. The molecule has 2 aromatic rings. The van der Waals surface area contributed by atoms with E-state index in [1.807, 2.05) is 37.3 Å². The van der Waals surface area contributed by atoms with Gasteiger partial charge in [-0.15, -0.1) is 0 Å². The molecule has 2 aromatic carbocycles. The molecule has 0 saturated carbocycles. The second-order valence-corrected chi connectivity index (χ2v) is 5.44. The first-order valence-corrected chi connectivity index (χ1v) is 7.20. The Morgan fingerprint density at radius 1 is 1.19 bits per heavy atom. The summed E-state index contributed by atoms with van der Waals surface area (Å²) in [7, 11) is 0. The molecule has 108 valence electrons. The maximum Gasteiger partial charge on any atom is 0.170 e. The van der Waals surface area contributed by atoms with Gasteiger partial charge >= 0.3 is 0 Å². The monoisotopic (exact) mass is 302 g/mol. The van der Waals surface area contributed by atoms with Crippen molar-refractivity contribution >= 4 is 17.4 Å². The molecule has 1 heterocycles. The van der Waals surface area contributed by atoms with E-state index in [1.54, 1.807) is 6.07 Å². The molecule has 3 rings (SSSR count). The average molecular weight is 303 g/mol. The van der Waals surface area contributed by atoms with E-state index in [2.05, 4.69) is 0 Å². The summed E-state index contributed by atoms with van der Waals surface area (Å²) in [6.07, 6.45) is 0.442. The van der Waals surface area contributed by atoms with Crippen LogP contribution in [0, 0.1) is 6.92 Å². The number of Topliss-reactive ketones (excluding diaryl/α,β-unsaturated/α-hetero) is 1. The molecule has 0 fully saturated rings. The number of halogens is 1. The number of benzene rings is 2. The molecule has 0 saturated heterocycles. The van der Waals surface area contributed by atoms with Gasteiger partial charge in [0.1, 0.15) is 18.1 Å². The van der Waals surface area contributed by atoms with Gasteiger partial charge in [0.25, 0.3) is 0 Å². The summed E-state index contributed by atoms with van der Waals surface area (Å²) in [5.74, 6) is 1.52. The second kappa shape index (κ2) is 5.78. The molecule has 0 aliphatic carbocycles. The van der Waals surface area contributed by atoms with E-state index < -0.39 is 0 Å². The number of ether oxygens (including phenoxy) is 2. The third-order valence-corrected chi connectivity index (χ3v) is 3.79. The SMILES string of the molecule is Cc1c(OCc2ccc(Cl)cc2)ccc2c1OCCC2=O. The van der Waals surface area contributed by atoms with Crippen LogP contribution in [0.15, 0.2) is 36.4 Å². The fourth-order valence-corrected chi connectivity index (χ4v) is 2.48. The van der Waals surface area contributed by atoms with Crippen molar-refractivity contribution in [1.29, 1.82) is 0 Å². The quantitative estimate of drug-likeness (QED) is 0.852. The van der Waals surface area contributed by atoms with Gasteiger partial charge in [-0.05, 0) is 36.8 Å². The minimum absolute atomic E-state index is 0.128. The summed E-state index contributed by atoms with van der Waals surface area (Å²) in [6, 6.07) is 11.1. The van der Waals surface area contributed by atoms with Crippen molar-refractivity contribution in [1.82, 2.24) is 0 Å². The summed E-state index contributed by atoms with van der Waals surface area (Å²) >= 11 is 5.86. The van der Waals surface area contributed by atoms with E-state index >= 15 is 0 Å². The highest BCUT2D eigenvalue weighted by Gasteiger charge is 2.22. The largest absolute Gasteiger partial charge is 0.492 e. The van der Waals surface area contributed by atoms with Crippen LogP contribution < -0.4 is 9.47 Å². The number of rotatable bonds is 3. The van der Waals surface area contributed by atoms with Crippen LogP contribution in [0.1, 0.15) is 27.9 Å². The summed E-state index contributed by atoms with van der Waals surface area (Å²) in [4.78, 5) is 11.8. The standard InChI is InChI=1S/C17H15ClO3/c1-11-16(21-10-12-2-4-13(18)5-3-12)7-6-14-15(19)8-9-20-17(11)14/h2-7H,8-10H2,1H3. The lowest BCUT2D eigenvalue weighted by Crippen LogP contribution is -2.16. The number of fused-ring (bicyclic) bond motifs is 1. The topological polar surface area (TPSA) is 35.5 Å². The van der Waals surface area contributed by atoms with Gasteiger partial charge in [-0.2, -0.15) is 0 Å². The predicted molar refractivity (Wildman–Crippen MR) is 81.4 cm³/mol. The Balaban J connectivity index is 1.80. The zero-order valence-corrected chi connectivity index (χ0v) is 12.4. The molecule has 4 heteroatoms. The van der Waals surface area contributed by atoms with Gasteiger partial charge in [0.2, 0.25) is 0 Å². The van der Waals surface area contributed by atoms with Crippen LogP contribution in [0.4, 0.5) is 0 Å². The Hall–Kier alpha value is -2.00. The van der Waals surface area contributed by atoms with E-state index in [4.69, 9.17) is 21.1 Å². The van der Waals surface area contributed by atoms with Crippen LogP contribution in [0.3, 0.4) is 0 Å². The maximum atomic E-state index is 11.8. The van der Waals surface area contributed by atoms with Gasteiger partial charge < -0.3 is 9.47 Å². The average Bonchev–Trinajstić information content (AvgIpc) is 2.49. The molecule has 0 spiro atoms. The highest BCUT2D eigenvalue weighted by Crippen LogP contribution is 2.35. The molecule has 0 unspecified atom stereocenters. The van der Waals surface area contributed by atoms with Crippen molar-refractivity contribution in [2.24, 2.45) is 0 Å². The van der Waals surface area contributed by atoms with Crippen molar-refractivity contribution in [3.63, 3.8) is 0 Å². The smallest absolute Gasteiger partial charge is 0.170 e. The van der Waals surface area contributed by atoms with Crippen LogP contribution in [-0.2, 0) is 6.61 Å². The molecule has 3 nitrogen and oxygen atoms in total. The molecule has 0 bridgehead atoms. The molecule has 21 heavy (non-hydrogen) atoms. The van der Waals surface area contributed by atoms with Gasteiger partial charge in [-0.1, -0.05) is 23.7 Å². The normalized spacial score (nSPS) is 13.5. The third kappa shape index (κ3) is 2.88. The lowest BCUT2D eigenvalue weighted by Gasteiger charge is -2.20. The maximum absolute atomic E-state index is 11.8. The Labute approximate surface area is 128 Å². The fraction of sp³-hybridized carbons (Fsp3) is 0.235. The summed E-state index contributed by atoms with van der Waals surface area (Å²) < 4.78 is 11.4. The van der Waals surface area contributed by atoms with Gasteiger partial charge in [0, 0.05) is 17.0 Å². The van der Waals surface area contributed by atoms with E-state index in [-0.39, 0.29) is 5.78 Å². The van der Waals surface area contributed by atoms with Crippen molar-refractivity contribution in [2.75, 3.05) is 6.61 Å². The molecule has 0 atom stereocenters. The first kappa shape index (κ1) is 14.0. The first-order valence-electron chi connectivity index (χ1n) is 6.82. The minimum Gasteiger partial charge on any atom is -0.492 e. The Morgan fingerprint density at radius 3 is 2.71 bits per heavy atom. The number of carbonyl (C=O) groups is 1. The summed E-state index contributed by atoms with van der Waals surface area (Å²) in [5, 5.41) is 0.704. The zero-order valence-electron chi connectivity index (χ0n) is 11.7. The van der Waals surface area contributed by atoms with Crippen LogP contribution in [-0.4, -0.2) is 12.4 Å². The molecule has 0 radical (unpaired) electrons. The molecular formula is C17H15ClO3. The van der Waals surface area contributed by atoms with Crippen LogP contribution in [0.5, 0.6) is 11.5 Å². The Bertz CT molecular complexity index is 677. The van der Waals surface area contributed by atoms with Gasteiger partial charge in [0.05, 0.1) is 12.2 Å². The van der Waals surface area contributed by atoms with Crippen molar-refractivity contribution in [2.45, 2.75) is 20.0 Å². The number of hydrogen-bond acceptors (Lipinski definition) is 3. The minimum atomic E-state index is 0.128. The van der Waals surface area contributed by atoms with E-state index in [1.165, 1.54) is 0 Å². The summed E-state index contributed by atoms with van der Waals surface area (Å²) in [6.45, 7) is 2.80. The lowest BCUT2D eigenvalue weighted by atomic mass is 10.0. The second-order valence-electron chi connectivity index (χ2n) is 5.00. The zero-order chi connectivity index (χ0) is 14.8. The molecule has 0 aromatic heterocycles. The van der Waals surface area contributed by atoms with E-state index in [0.717, 1.165) is 16.9 Å². The highest BCUT2D eigenvalue weighted by molar-refractivity contribution is 6.30. The lowest BCUT2D eigenvalue weighted by molar-refractivity contribution is 0.0932. The molecule has 1 aliphatic heterocycles. The fourth-order valence-electron chi connectivity index (χ4n) is 2.36. The van der Waals surface area contributed by atoms with Crippen LogP contribution >= 0.6 is 11.6 Å². The van der Waals surface area contributed by atoms with Gasteiger partial charge in [0.15, 0.2) is 5.78 Å². The number of carbonyl (C=O) groups excluding carboxylic acids is 1. The molecule has 0 N–H and O–H groups in total. The van der Waals surface area contributed by atoms with E-state index in [0.29, 0.717) is 36.0 Å². The Morgan fingerprint density at radius 2 is 1.95 bits per heavy atom. The highest BCUT2D eigenvalue weighted by atomic mass is 35.5. The molecule has 0 amide bonds. The van der Waals surface area contributed by atoms with Crippen molar-refractivity contribution in [3.05, 3.63) is 58.1 Å².